The number of piperidine rings is 1. The molecule has 1 aliphatic heterocycles. The summed E-state index contributed by atoms with van der Waals surface area (Å²) in [7, 11) is 1.70. The average molecular weight is 392 g/mol. The van der Waals surface area contributed by atoms with Crippen molar-refractivity contribution in [2.75, 3.05) is 25.9 Å². The highest BCUT2D eigenvalue weighted by Crippen LogP contribution is 2.38. The van der Waals surface area contributed by atoms with E-state index in [0.717, 1.165) is 17.9 Å². The van der Waals surface area contributed by atoms with Gasteiger partial charge in [-0.2, -0.15) is 0 Å². The van der Waals surface area contributed by atoms with E-state index < -0.39 is 6.10 Å². The molecule has 3 rings (SSSR count). The monoisotopic (exact) mass is 391 g/mol. The first-order chi connectivity index (χ1) is 13.1. The third-order valence-electron chi connectivity index (χ3n) is 6.15. The number of amides is 1. The molecule has 1 aromatic rings. The zero-order valence-corrected chi connectivity index (χ0v) is 17.0. The van der Waals surface area contributed by atoms with Gasteiger partial charge in [-0.05, 0) is 36.8 Å². The lowest BCUT2D eigenvalue weighted by Crippen LogP contribution is -2.57. The largest absolute Gasteiger partial charge is 0.390 e. The summed E-state index contributed by atoms with van der Waals surface area (Å²) in [4.78, 5) is 15.8. The Kier molecular flexibility index (Phi) is 7.58. The zero-order chi connectivity index (χ0) is 19.2. The molecule has 150 valence electrons. The fourth-order valence-electron chi connectivity index (χ4n) is 4.54. The van der Waals surface area contributed by atoms with Crippen molar-refractivity contribution in [1.29, 1.82) is 0 Å². The first kappa shape index (κ1) is 20.6. The van der Waals surface area contributed by atoms with E-state index in [4.69, 9.17) is 5.73 Å². The summed E-state index contributed by atoms with van der Waals surface area (Å²) in [5, 5.41) is 13.5. The number of likely N-dealkylation sites (N-methyl/N-ethyl adjacent to an activating group) is 1. The lowest BCUT2D eigenvalue weighted by Gasteiger charge is -2.46. The van der Waals surface area contributed by atoms with E-state index in [9.17, 15) is 9.90 Å². The summed E-state index contributed by atoms with van der Waals surface area (Å²) < 4.78 is 0. The molecule has 1 saturated carbocycles. The smallest absolute Gasteiger partial charge is 0.237 e. The fraction of sp³-hybridized carbons (Fsp3) is 0.667. The summed E-state index contributed by atoms with van der Waals surface area (Å²) in [5.74, 6) is 2.03. The summed E-state index contributed by atoms with van der Waals surface area (Å²) in [6.07, 6.45) is 5.33. The van der Waals surface area contributed by atoms with Crippen molar-refractivity contribution in [3.63, 3.8) is 0 Å². The highest BCUT2D eigenvalue weighted by molar-refractivity contribution is 7.99. The Hall–Kier alpha value is -1.08. The Labute approximate surface area is 167 Å². The third kappa shape index (κ3) is 5.47. The molecule has 1 saturated heterocycles. The number of nitrogens with two attached hydrogens (primary N) is 1. The van der Waals surface area contributed by atoms with Crippen LogP contribution in [0.15, 0.2) is 35.2 Å². The first-order valence-electron chi connectivity index (χ1n) is 10.2. The molecule has 0 bridgehead atoms. The zero-order valence-electron chi connectivity index (χ0n) is 16.2. The van der Waals surface area contributed by atoms with Gasteiger partial charge in [0.05, 0.1) is 12.1 Å². The van der Waals surface area contributed by atoms with Crippen LogP contribution in [-0.2, 0) is 4.79 Å². The first-order valence-corrected chi connectivity index (χ1v) is 11.1. The van der Waals surface area contributed by atoms with Gasteiger partial charge in [-0.25, -0.2) is 0 Å². The van der Waals surface area contributed by atoms with Crippen LogP contribution in [0.2, 0.25) is 0 Å². The molecule has 1 aliphatic carbocycles. The molecule has 5 unspecified atom stereocenters. The maximum Gasteiger partial charge on any atom is 0.237 e. The van der Waals surface area contributed by atoms with E-state index in [1.165, 1.54) is 25.7 Å². The summed E-state index contributed by atoms with van der Waals surface area (Å²) in [6.45, 7) is 1.37. The molecule has 2 aliphatic rings. The Morgan fingerprint density at radius 3 is 2.70 bits per heavy atom. The minimum absolute atomic E-state index is 0.0680. The molecule has 5 nitrogen and oxygen atoms in total. The summed E-state index contributed by atoms with van der Waals surface area (Å²) in [6, 6.07) is 9.66. The second-order valence-corrected chi connectivity index (χ2v) is 9.07. The molecular weight excluding hydrogens is 358 g/mol. The van der Waals surface area contributed by atoms with Crippen LogP contribution in [0.4, 0.5) is 0 Å². The quantitative estimate of drug-likeness (QED) is 0.621. The number of likely N-dealkylation sites (tertiary alicyclic amines) is 1. The van der Waals surface area contributed by atoms with E-state index in [1.54, 1.807) is 18.8 Å². The van der Waals surface area contributed by atoms with Gasteiger partial charge in [0.25, 0.3) is 0 Å². The van der Waals surface area contributed by atoms with Gasteiger partial charge < -0.3 is 16.2 Å². The molecule has 6 heteroatoms. The molecule has 1 aromatic carbocycles. The number of benzene rings is 1. The fourth-order valence-corrected chi connectivity index (χ4v) is 5.49. The second-order valence-electron chi connectivity index (χ2n) is 7.98. The van der Waals surface area contributed by atoms with Crippen molar-refractivity contribution in [1.82, 2.24) is 10.2 Å². The molecule has 0 aromatic heterocycles. The second kappa shape index (κ2) is 9.92. The Balaban J connectivity index is 1.57. The van der Waals surface area contributed by atoms with Gasteiger partial charge in [0, 0.05) is 36.8 Å². The molecule has 27 heavy (non-hydrogen) atoms. The number of nitrogens with zero attached hydrogens (tertiary/aromatic N) is 1. The van der Waals surface area contributed by atoms with Crippen molar-refractivity contribution in [2.24, 2.45) is 17.6 Å². The van der Waals surface area contributed by atoms with E-state index in [0.29, 0.717) is 24.1 Å². The van der Waals surface area contributed by atoms with Crippen molar-refractivity contribution in [3.05, 3.63) is 30.3 Å². The molecule has 4 N–H and O–H groups in total. The van der Waals surface area contributed by atoms with Crippen molar-refractivity contribution < 1.29 is 9.90 Å². The third-order valence-corrected chi connectivity index (χ3v) is 7.31. The van der Waals surface area contributed by atoms with Crippen LogP contribution in [0.1, 0.15) is 32.1 Å². The number of aliphatic hydroxyl groups excluding tert-OH is 1. The highest BCUT2D eigenvalue weighted by atomic mass is 32.2. The van der Waals surface area contributed by atoms with Gasteiger partial charge in [-0.3, -0.25) is 9.69 Å². The topological polar surface area (TPSA) is 78.6 Å². The van der Waals surface area contributed by atoms with E-state index in [2.05, 4.69) is 22.3 Å². The van der Waals surface area contributed by atoms with Crippen LogP contribution >= 0.6 is 11.8 Å². The van der Waals surface area contributed by atoms with Crippen LogP contribution in [0.5, 0.6) is 0 Å². The molecule has 0 radical (unpaired) electrons. The Morgan fingerprint density at radius 2 is 2.00 bits per heavy atom. The minimum atomic E-state index is -0.631. The maximum atomic E-state index is 12.4. The number of fused-ring (bicyclic) bond motifs is 1. The number of carbonyl (C=O) groups is 1. The number of carbonyl (C=O) groups excluding carboxylic acids is 1. The molecule has 0 spiro atoms. The normalized spacial score (nSPS) is 28.2. The Morgan fingerprint density at radius 1 is 1.30 bits per heavy atom. The van der Waals surface area contributed by atoms with Gasteiger partial charge in [-0.1, -0.05) is 37.5 Å². The lowest BCUT2D eigenvalue weighted by molar-refractivity contribution is -0.130. The van der Waals surface area contributed by atoms with Crippen molar-refractivity contribution in [3.8, 4) is 0 Å². The number of thioether (sulfide) groups is 1. The van der Waals surface area contributed by atoms with Crippen LogP contribution < -0.4 is 11.1 Å². The Bertz CT molecular complexity index is 600. The average Bonchev–Trinajstić information content (AvgIpc) is 2.71. The minimum Gasteiger partial charge on any atom is -0.390 e. The van der Waals surface area contributed by atoms with Gasteiger partial charge >= 0.3 is 0 Å². The van der Waals surface area contributed by atoms with Crippen molar-refractivity contribution >= 4 is 17.7 Å². The number of hydrogen-bond acceptors (Lipinski definition) is 5. The molecule has 2 fully saturated rings. The number of hydrogen-bond donors (Lipinski definition) is 3. The van der Waals surface area contributed by atoms with Gasteiger partial charge in [0.2, 0.25) is 5.91 Å². The van der Waals surface area contributed by atoms with Crippen LogP contribution in [0.25, 0.3) is 0 Å². The lowest BCUT2D eigenvalue weighted by atomic mass is 9.72. The van der Waals surface area contributed by atoms with Gasteiger partial charge in [0.15, 0.2) is 0 Å². The van der Waals surface area contributed by atoms with Gasteiger partial charge in [-0.15, -0.1) is 11.8 Å². The number of aliphatic hydroxyl groups is 1. The van der Waals surface area contributed by atoms with Crippen LogP contribution in [0, 0.1) is 11.8 Å². The highest BCUT2D eigenvalue weighted by Gasteiger charge is 2.40. The predicted molar refractivity (Wildman–Crippen MR) is 111 cm³/mol. The summed E-state index contributed by atoms with van der Waals surface area (Å²) in [5.41, 5.74) is 6.27. The predicted octanol–water partition coefficient (Wildman–Crippen LogP) is 2.09. The number of nitrogens with one attached hydrogen (secondary N) is 1. The van der Waals surface area contributed by atoms with E-state index in [-0.39, 0.29) is 18.0 Å². The molecule has 1 heterocycles. The number of rotatable bonds is 7. The SMILES string of the molecule is CNC(=O)C1CC2CCCCC2CN1CC(O)C(N)CSc1ccccc1. The standard InChI is InChI=1S/C21H33N3O2S/c1-23-21(26)19-11-15-7-5-6-8-16(15)12-24(19)13-20(25)18(22)14-27-17-9-3-2-4-10-17/h2-4,9-10,15-16,18-20,25H,5-8,11-14,22H2,1H3,(H,23,26). The molecular formula is C21H33N3O2S. The van der Waals surface area contributed by atoms with Gasteiger partial charge in [0.1, 0.15) is 0 Å². The maximum absolute atomic E-state index is 12.4. The van der Waals surface area contributed by atoms with E-state index in [1.807, 2.05) is 18.2 Å². The van der Waals surface area contributed by atoms with E-state index >= 15 is 0 Å². The van der Waals surface area contributed by atoms with Crippen molar-refractivity contribution in [2.45, 2.75) is 55.2 Å². The summed E-state index contributed by atoms with van der Waals surface area (Å²) >= 11 is 1.67. The molecule has 5 atom stereocenters. The van der Waals surface area contributed by atoms with Crippen LogP contribution in [0.3, 0.4) is 0 Å². The van der Waals surface area contributed by atoms with Crippen LogP contribution in [-0.4, -0.2) is 60.0 Å². The molecule has 1 amide bonds. The number of β-amino-alcohol motifs (C(OH)–C–C–N with tert-alkyl or cyclic N) is 1.